The van der Waals surface area contributed by atoms with Crippen molar-refractivity contribution in [1.82, 2.24) is 0 Å². The van der Waals surface area contributed by atoms with Crippen LogP contribution in [0.1, 0.15) is 42.5 Å². The van der Waals surface area contributed by atoms with E-state index in [9.17, 15) is 9.59 Å². The number of furan rings is 1. The minimum absolute atomic E-state index is 0.0615. The van der Waals surface area contributed by atoms with Crippen LogP contribution in [0.25, 0.3) is 11.0 Å². The van der Waals surface area contributed by atoms with Crippen molar-refractivity contribution in [3.8, 4) is 0 Å². The molecule has 4 nitrogen and oxygen atoms in total. The molecule has 25 heavy (non-hydrogen) atoms. The summed E-state index contributed by atoms with van der Waals surface area (Å²) in [6.07, 6.45) is 0. The Balaban J connectivity index is 1.98. The van der Waals surface area contributed by atoms with Gasteiger partial charge in [-0.25, -0.2) is 0 Å². The molecule has 3 rings (SSSR count). The second-order valence-corrected chi connectivity index (χ2v) is 7.17. The number of ketones is 1. The molecule has 0 unspecified atom stereocenters. The van der Waals surface area contributed by atoms with Gasteiger partial charge in [-0.2, -0.15) is 0 Å². The van der Waals surface area contributed by atoms with Crippen molar-refractivity contribution in [2.75, 3.05) is 5.32 Å². The SMILES string of the molecule is Cc1c(C(=O)c2ccccc2)oc2ccc(NC(=O)C(C)(C)C)cc12. The predicted molar refractivity (Wildman–Crippen MR) is 98.9 cm³/mol. The highest BCUT2D eigenvalue weighted by Gasteiger charge is 2.22. The zero-order chi connectivity index (χ0) is 18.2. The lowest BCUT2D eigenvalue weighted by molar-refractivity contribution is -0.123. The lowest BCUT2D eigenvalue weighted by Gasteiger charge is -2.17. The molecule has 3 aromatic rings. The van der Waals surface area contributed by atoms with E-state index in [1.807, 2.05) is 52.0 Å². The van der Waals surface area contributed by atoms with E-state index in [4.69, 9.17) is 4.42 Å². The summed E-state index contributed by atoms with van der Waals surface area (Å²) in [5.41, 5.74) is 2.21. The summed E-state index contributed by atoms with van der Waals surface area (Å²) in [4.78, 5) is 24.8. The number of nitrogens with one attached hydrogen (secondary N) is 1. The van der Waals surface area contributed by atoms with Crippen LogP contribution in [0.15, 0.2) is 52.9 Å². The van der Waals surface area contributed by atoms with Crippen LogP contribution < -0.4 is 5.32 Å². The Bertz CT molecular complexity index is 946. The van der Waals surface area contributed by atoms with Gasteiger partial charge >= 0.3 is 0 Å². The Morgan fingerprint density at radius 2 is 1.68 bits per heavy atom. The van der Waals surface area contributed by atoms with Crippen molar-refractivity contribution in [1.29, 1.82) is 0 Å². The summed E-state index contributed by atoms with van der Waals surface area (Å²) < 4.78 is 5.78. The number of carbonyl (C=O) groups excluding carboxylic acids is 2. The highest BCUT2D eigenvalue weighted by molar-refractivity contribution is 6.10. The third kappa shape index (κ3) is 3.33. The Hall–Kier alpha value is -2.88. The highest BCUT2D eigenvalue weighted by atomic mass is 16.3. The fourth-order valence-corrected chi connectivity index (χ4v) is 2.55. The molecule has 0 spiro atoms. The summed E-state index contributed by atoms with van der Waals surface area (Å²) in [5, 5.41) is 3.73. The van der Waals surface area contributed by atoms with Gasteiger partial charge in [0, 0.05) is 27.6 Å². The van der Waals surface area contributed by atoms with Crippen LogP contribution >= 0.6 is 0 Å². The molecule has 128 valence electrons. The van der Waals surface area contributed by atoms with Gasteiger partial charge in [-0.05, 0) is 25.1 Å². The van der Waals surface area contributed by atoms with Crippen LogP contribution in [-0.2, 0) is 4.79 Å². The summed E-state index contributed by atoms with van der Waals surface area (Å²) >= 11 is 0. The summed E-state index contributed by atoms with van der Waals surface area (Å²) in [7, 11) is 0. The standard InChI is InChI=1S/C21H21NO3/c1-13-16-12-15(22-20(24)21(2,3)4)10-11-17(16)25-19(13)18(23)14-8-6-5-7-9-14/h5-12H,1-4H3,(H,22,24). The molecule has 0 saturated carbocycles. The van der Waals surface area contributed by atoms with Gasteiger partial charge in [-0.1, -0.05) is 51.1 Å². The quantitative estimate of drug-likeness (QED) is 0.688. The number of rotatable bonds is 3. The molecule has 0 saturated heterocycles. The van der Waals surface area contributed by atoms with Crippen LogP contribution in [0.3, 0.4) is 0 Å². The van der Waals surface area contributed by atoms with E-state index >= 15 is 0 Å². The Kier molecular flexibility index (Phi) is 4.21. The predicted octanol–water partition coefficient (Wildman–Crippen LogP) is 4.96. The minimum atomic E-state index is -0.477. The first-order chi connectivity index (χ1) is 11.8. The Morgan fingerprint density at radius 1 is 1.00 bits per heavy atom. The first-order valence-electron chi connectivity index (χ1n) is 8.22. The van der Waals surface area contributed by atoms with E-state index < -0.39 is 5.41 Å². The van der Waals surface area contributed by atoms with Gasteiger partial charge in [-0.3, -0.25) is 9.59 Å². The molecule has 0 fully saturated rings. The summed E-state index contributed by atoms with van der Waals surface area (Å²) in [6.45, 7) is 7.44. The molecule has 0 bridgehead atoms. The number of amides is 1. The number of aryl methyl sites for hydroxylation is 1. The summed E-state index contributed by atoms with van der Waals surface area (Å²) in [5.74, 6) is 0.128. The van der Waals surface area contributed by atoms with E-state index in [1.165, 1.54) is 0 Å². The maximum Gasteiger partial charge on any atom is 0.229 e. The molecule has 4 heteroatoms. The average molecular weight is 335 g/mol. The van der Waals surface area contributed by atoms with E-state index in [2.05, 4.69) is 5.32 Å². The smallest absolute Gasteiger partial charge is 0.229 e. The number of carbonyl (C=O) groups is 2. The molecule has 1 heterocycles. The Labute approximate surface area is 146 Å². The van der Waals surface area contributed by atoms with Crippen LogP contribution in [-0.4, -0.2) is 11.7 Å². The fraction of sp³-hybridized carbons (Fsp3) is 0.238. The lowest BCUT2D eigenvalue weighted by atomic mass is 9.95. The molecule has 0 aliphatic heterocycles. The molecular weight excluding hydrogens is 314 g/mol. The number of hydrogen-bond acceptors (Lipinski definition) is 3. The number of anilines is 1. The summed E-state index contributed by atoms with van der Waals surface area (Å²) in [6, 6.07) is 14.5. The molecule has 1 N–H and O–H groups in total. The second-order valence-electron chi connectivity index (χ2n) is 7.17. The van der Waals surface area contributed by atoms with Crippen LogP contribution in [0.2, 0.25) is 0 Å². The molecule has 2 aromatic carbocycles. The van der Waals surface area contributed by atoms with E-state index in [1.54, 1.807) is 24.3 Å². The number of benzene rings is 2. The van der Waals surface area contributed by atoms with Crippen LogP contribution in [0.4, 0.5) is 5.69 Å². The van der Waals surface area contributed by atoms with Gasteiger partial charge in [0.1, 0.15) is 5.58 Å². The largest absolute Gasteiger partial charge is 0.452 e. The first-order valence-corrected chi connectivity index (χ1v) is 8.22. The molecule has 1 amide bonds. The minimum Gasteiger partial charge on any atom is -0.452 e. The topological polar surface area (TPSA) is 59.3 Å². The zero-order valence-corrected chi connectivity index (χ0v) is 14.8. The van der Waals surface area contributed by atoms with Crippen molar-refractivity contribution in [2.45, 2.75) is 27.7 Å². The molecule has 0 atom stereocenters. The molecule has 0 aliphatic rings. The highest BCUT2D eigenvalue weighted by Crippen LogP contribution is 2.30. The van der Waals surface area contributed by atoms with Gasteiger partial charge in [0.2, 0.25) is 11.7 Å². The van der Waals surface area contributed by atoms with Gasteiger partial charge in [0.05, 0.1) is 0 Å². The number of fused-ring (bicyclic) bond motifs is 1. The van der Waals surface area contributed by atoms with Gasteiger partial charge in [0.15, 0.2) is 5.76 Å². The average Bonchev–Trinajstić information content (AvgIpc) is 2.91. The van der Waals surface area contributed by atoms with Crippen LogP contribution in [0.5, 0.6) is 0 Å². The molecular formula is C21H21NO3. The molecule has 1 aromatic heterocycles. The third-order valence-corrected chi connectivity index (χ3v) is 4.12. The van der Waals surface area contributed by atoms with Crippen molar-refractivity contribution < 1.29 is 14.0 Å². The normalized spacial score (nSPS) is 11.5. The van der Waals surface area contributed by atoms with Gasteiger partial charge in [0.25, 0.3) is 0 Å². The van der Waals surface area contributed by atoms with E-state index in [-0.39, 0.29) is 11.7 Å². The van der Waals surface area contributed by atoms with E-state index in [0.717, 1.165) is 10.9 Å². The van der Waals surface area contributed by atoms with Crippen molar-refractivity contribution in [3.05, 3.63) is 65.4 Å². The lowest BCUT2D eigenvalue weighted by Crippen LogP contribution is -2.27. The first kappa shape index (κ1) is 17.0. The Morgan fingerprint density at radius 3 is 2.32 bits per heavy atom. The third-order valence-electron chi connectivity index (χ3n) is 4.12. The molecule has 0 aliphatic carbocycles. The monoisotopic (exact) mass is 335 g/mol. The van der Waals surface area contributed by atoms with Crippen molar-refractivity contribution >= 4 is 28.3 Å². The fourth-order valence-electron chi connectivity index (χ4n) is 2.55. The molecule has 0 radical (unpaired) electrons. The van der Waals surface area contributed by atoms with Crippen molar-refractivity contribution in [2.24, 2.45) is 5.41 Å². The van der Waals surface area contributed by atoms with Gasteiger partial charge in [-0.15, -0.1) is 0 Å². The van der Waals surface area contributed by atoms with Crippen LogP contribution in [0, 0.1) is 12.3 Å². The van der Waals surface area contributed by atoms with Crippen molar-refractivity contribution in [3.63, 3.8) is 0 Å². The maximum atomic E-state index is 12.7. The number of hydrogen-bond donors (Lipinski definition) is 1. The zero-order valence-electron chi connectivity index (χ0n) is 14.8. The van der Waals surface area contributed by atoms with Gasteiger partial charge < -0.3 is 9.73 Å². The second kappa shape index (κ2) is 6.20. The maximum absolute atomic E-state index is 12.7. The van der Waals surface area contributed by atoms with E-state index in [0.29, 0.717) is 22.6 Å².